The topological polar surface area (TPSA) is 52.6 Å². The van der Waals surface area contributed by atoms with Gasteiger partial charge < -0.3 is 9.47 Å². The van der Waals surface area contributed by atoms with Gasteiger partial charge in [-0.3, -0.25) is 9.59 Å². The molecule has 0 heterocycles. The predicted molar refractivity (Wildman–Crippen MR) is 72.0 cm³/mol. The number of hydrogen-bond donors (Lipinski definition) is 0. The lowest BCUT2D eigenvalue weighted by molar-refractivity contribution is -0.144. The lowest BCUT2D eigenvalue weighted by Gasteiger charge is -2.04. The van der Waals surface area contributed by atoms with Crippen LogP contribution in [0.4, 0.5) is 0 Å². The summed E-state index contributed by atoms with van der Waals surface area (Å²) in [6.07, 6.45) is 0.260. The lowest BCUT2D eigenvalue weighted by atomic mass is 10.2. The van der Waals surface area contributed by atoms with E-state index in [1.807, 2.05) is 12.1 Å². The average molecular weight is 285 g/mol. The highest BCUT2D eigenvalue weighted by Gasteiger charge is 2.07. The van der Waals surface area contributed by atoms with Crippen molar-refractivity contribution in [3.63, 3.8) is 0 Å². The number of Topliss-reactive ketones (excluding diaryl/α,β-unsaturated/α-hetero) is 1. The van der Waals surface area contributed by atoms with E-state index in [1.54, 1.807) is 19.1 Å². The molecule has 1 rings (SSSR count). The third kappa shape index (κ3) is 6.94. The van der Waals surface area contributed by atoms with E-state index in [2.05, 4.69) is 0 Å². The second-order valence-electron chi connectivity index (χ2n) is 3.96. The van der Waals surface area contributed by atoms with Crippen LogP contribution in [-0.2, 0) is 25.7 Å². The van der Waals surface area contributed by atoms with Crippen LogP contribution in [0, 0.1) is 0 Å². The molecule has 0 bridgehead atoms. The first-order valence-electron chi connectivity index (χ1n) is 6.11. The zero-order chi connectivity index (χ0) is 14.1. The maximum Gasteiger partial charge on any atom is 0.306 e. The van der Waals surface area contributed by atoms with E-state index >= 15 is 0 Å². The van der Waals surface area contributed by atoms with Gasteiger partial charge in [0.25, 0.3) is 0 Å². The van der Waals surface area contributed by atoms with E-state index in [0.29, 0.717) is 18.2 Å². The number of carbonyl (C=O) groups is 2. The SMILES string of the molecule is CCOC(=O)CCC(=O)COCc1ccc(Cl)cc1. The molecule has 5 heteroatoms. The summed E-state index contributed by atoms with van der Waals surface area (Å²) in [5, 5.41) is 0.661. The van der Waals surface area contributed by atoms with Crippen LogP contribution in [0.1, 0.15) is 25.3 Å². The summed E-state index contributed by atoms with van der Waals surface area (Å²) in [5.74, 6) is -0.462. The third-order valence-corrected chi connectivity index (χ3v) is 2.61. The molecule has 0 aliphatic rings. The van der Waals surface area contributed by atoms with Gasteiger partial charge in [-0.15, -0.1) is 0 Å². The number of hydrogen-bond acceptors (Lipinski definition) is 4. The molecule has 0 N–H and O–H groups in total. The smallest absolute Gasteiger partial charge is 0.306 e. The van der Waals surface area contributed by atoms with Gasteiger partial charge in [-0.05, 0) is 24.6 Å². The first-order chi connectivity index (χ1) is 9.11. The quantitative estimate of drug-likeness (QED) is 0.689. The average Bonchev–Trinajstić information content (AvgIpc) is 2.39. The Morgan fingerprint density at radius 1 is 1.16 bits per heavy atom. The second kappa shape index (κ2) is 8.67. The van der Waals surface area contributed by atoms with Gasteiger partial charge in [-0.25, -0.2) is 0 Å². The Bertz CT molecular complexity index is 414. The number of halogens is 1. The Kier molecular flexibility index (Phi) is 7.15. The van der Waals surface area contributed by atoms with Crippen molar-refractivity contribution in [1.29, 1.82) is 0 Å². The van der Waals surface area contributed by atoms with Gasteiger partial charge in [0, 0.05) is 11.4 Å². The van der Waals surface area contributed by atoms with Crippen molar-refractivity contribution in [2.75, 3.05) is 13.2 Å². The number of rotatable bonds is 8. The fourth-order valence-electron chi connectivity index (χ4n) is 1.41. The minimum Gasteiger partial charge on any atom is -0.466 e. The van der Waals surface area contributed by atoms with Crippen LogP contribution in [0.5, 0.6) is 0 Å². The summed E-state index contributed by atoms with van der Waals surface area (Å²) < 4.78 is 10.0. The Labute approximate surface area is 117 Å². The molecule has 0 saturated heterocycles. The van der Waals surface area contributed by atoms with Crippen LogP contribution in [-0.4, -0.2) is 25.0 Å². The number of ether oxygens (including phenoxy) is 2. The molecular formula is C14H17ClO4. The number of esters is 1. The van der Waals surface area contributed by atoms with Gasteiger partial charge in [-0.1, -0.05) is 23.7 Å². The number of benzene rings is 1. The normalized spacial score (nSPS) is 10.2. The molecule has 0 unspecified atom stereocenters. The highest BCUT2D eigenvalue weighted by molar-refractivity contribution is 6.30. The molecule has 104 valence electrons. The molecule has 0 amide bonds. The summed E-state index contributed by atoms with van der Waals surface area (Å²) >= 11 is 5.75. The van der Waals surface area contributed by atoms with E-state index in [1.165, 1.54) is 0 Å². The molecule has 1 aromatic carbocycles. The maximum absolute atomic E-state index is 11.4. The summed E-state index contributed by atoms with van der Waals surface area (Å²) in [4.78, 5) is 22.5. The molecule has 0 aliphatic heterocycles. The Morgan fingerprint density at radius 2 is 1.84 bits per heavy atom. The molecule has 0 radical (unpaired) electrons. The van der Waals surface area contributed by atoms with Gasteiger partial charge in [-0.2, -0.15) is 0 Å². The van der Waals surface area contributed by atoms with E-state index in [-0.39, 0.29) is 31.2 Å². The number of ketones is 1. The van der Waals surface area contributed by atoms with E-state index in [9.17, 15) is 9.59 Å². The summed E-state index contributed by atoms with van der Waals surface area (Å²) in [7, 11) is 0. The highest BCUT2D eigenvalue weighted by atomic mass is 35.5. The van der Waals surface area contributed by atoms with Crippen molar-refractivity contribution >= 4 is 23.4 Å². The van der Waals surface area contributed by atoms with E-state index < -0.39 is 0 Å². The largest absolute Gasteiger partial charge is 0.466 e. The molecule has 1 aromatic rings. The molecular weight excluding hydrogens is 268 g/mol. The molecule has 4 nitrogen and oxygen atoms in total. The van der Waals surface area contributed by atoms with Crippen molar-refractivity contribution < 1.29 is 19.1 Å². The molecule has 0 aliphatic carbocycles. The Morgan fingerprint density at radius 3 is 2.47 bits per heavy atom. The zero-order valence-corrected chi connectivity index (χ0v) is 11.6. The standard InChI is InChI=1S/C14H17ClO4/c1-2-19-14(17)8-7-13(16)10-18-9-11-3-5-12(15)6-4-11/h3-6H,2,7-10H2,1H3. The first kappa shape index (κ1) is 15.7. The van der Waals surface area contributed by atoms with E-state index in [4.69, 9.17) is 21.1 Å². The molecule has 0 spiro atoms. The Balaban J connectivity index is 2.16. The summed E-state index contributed by atoms with van der Waals surface area (Å²) in [6, 6.07) is 7.21. The zero-order valence-electron chi connectivity index (χ0n) is 10.9. The molecule has 0 saturated carbocycles. The van der Waals surface area contributed by atoms with Gasteiger partial charge >= 0.3 is 5.97 Å². The minimum absolute atomic E-state index is 0.00202. The molecule has 0 aromatic heterocycles. The van der Waals surface area contributed by atoms with Crippen LogP contribution in [0.25, 0.3) is 0 Å². The monoisotopic (exact) mass is 284 g/mol. The van der Waals surface area contributed by atoms with Crippen molar-refractivity contribution in [1.82, 2.24) is 0 Å². The van der Waals surface area contributed by atoms with Gasteiger partial charge in [0.1, 0.15) is 6.61 Å². The molecule has 0 atom stereocenters. The summed E-state index contributed by atoms with van der Waals surface area (Å²) in [6.45, 7) is 2.42. The first-order valence-corrected chi connectivity index (χ1v) is 6.49. The van der Waals surface area contributed by atoms with Crippen molar-refractivity contribution in [3.05, 3.63) is 34.9 Å². The fourth-order valence-corrected chi connectivity index (χ4v) is 1.54. The molecule has 0 fully saturated rings. The second-order valence-corrected chi connectivity index (χ2v) is 4.40. The highest BCUT2D eigenvalue weighted by Crippen LogP contribution is 2.10. The van der Waals surface area contributed by atoms with Gasteiger partial charge in [0.15, 0.2) is 5.78 Å². The lowest BCUT2D eigenvalue weighted by Crippen LogP contribution is -2.12. The van der Waals surface area contributed by atoms with Crippen molar-refractivity contribution in [3.8, 4) is 0 Å². The fraction of sp³-hybridized carbons (Fsp3) is 0.429. The van der Waals surface area contributed by atoms with Gasteiger partial charge in [0.2, 0.25) is 0 Å². The van der Waals surface area contributed by atoms with Crippen LogP contribution in [0.15, 0.2) is 24.3 Å². The van der Waals surface area contributed by atoms with Crippen molar-refractivity contribution in [2.24, 2.45) is 0 Å². The van der Waals surface area contributed by atoms with Crippen molar-refractivity contribution in [2.45, 2.75) is 26.4 Å². The number of carbonyl (C=O) groups excluding carboxylic acids is 2. The van der Waals surface area contributed by atoms with Crippen LogP contribution in [0.3, 0.4) is 0 Å². The predicted octanol–water partition coefficient (Wildman–Crippen LogP) is 2.77. The van der Waals surface area contributed by atoms with Crippen LogP contribution >= 0.6 is 11.6 Å². The molecule has 19 heavy (non-hydrogen) atoms. The van der Waals surface area contributed by atoms with E-state index in [0.717, 1.165) is 5.56 Å². The third-order valence-electron chi connectivity index (χ3n) is 2.36. The van der Waals surface area contributed by atoms with Gasteiger partial charge in [0.05, 0.1) is 19.6 Å². The summed E-state index contributed by atoms with van der Waals surface area (Å²) in [5.41, 5.74) is 0.947. The van der Waals surface area contributed by atoms with Crippen LogP contribution in [0.2, 0.25) is 5.02 Å². The maximum atomic E-state index is 11.4. The van der Waals surface area contributed by atoms with Crippen LogP contribution < -0.4 is 0 Å². The Hall–Kier alpha value is -1.39. The minimum atomic E-state index is -0.353.